The summed E-state index contributed by atoms with van der Waals surface area (Å²) in [5.74, 6) is -0.223. The first kappa shape index (κ1) is 26.6. The maximum Gasteiger partial charge on any atom is 0.306 e. The van der Waals surface area contributed by atoms with Crippen LogP contribution in [0.2, 0.25) is 0 Å². The van der Waals surface area contributed by atoms with E-state index in [1.807, 2.05) is 54.8 Å². The molecule has 0 amide bonds. The van der Waals surface area contributed by atoms with Crippen molar-refractivity contribution in [2.45, 2.75) is 23.8 Å². The van der Waals surface area contributed by atoms with Crippen LogP contribution < -0.4 is 15.1 Å². The fourth-order valence-electron chi connectivity index (χ4n) is 4.49. The van der Waals surface area contributed by atoms with Gasteiger partial charge in [-0.15, -0.1) is 11.8 Å². The van der Waals surface area contributed by atoms with Gasteiger partial charge in [-0.1, -0.05) is 12.1 Å². The number of aromatic hydroxyl groups is 1. The van der Waals surface area contributed by atoms with E-state index in [0.29, 0.717) is 12.3 Å². The third-order valence-electron chi connectivity index (χ3n) is 6.62. The number of anilines is 1. The van der Waals surface area contributed by atoms with Gasteiger partial charge in [-0.25, -0.2) is 0 Å². The van der Waals surface area contributed by atoms with Gasteiger partial charge in [-0.2, -0.15) is 0 Å². The summed E-state index contributed by atoms with van der Waals surface area (Å²) in [5, 5.41) is 10.7. The lowest BCUT2D eigenvalue weighted by atomic mass is 9.92. The molecule has 8 nitrogen and oxygen atoms in total. The summed E-state index contributed by atoms with van der Waals surface area (Å²) in [6.45, 7) is 3.65. The second kappa shape index (κ2) is 12.2. The fourth-order valence-corrected chi connectivity index (χ4v) is 4.90. The molecule has 9 heteroatoms. The fraction of sp³-hybridized carbons (Fsp3) is 0.357. The van der Waals surface area contributed by atoms with Gasteiger partial charge in [-0.05, 0) is 48.2 Å². The van der Waals surface area contributed by atoms with Crippen molar-refractivity contribution in [1.29, 1.82) is 0 Å². The number of nitrogens with zero attached hydrogens (tertiary/aromatic N) is 2. The van der Waals surface area contributed by atoms with Crippen molar-refractivity contribution in [1.82, 2.24) is 4.90 Å². The second-order valence-electron chi connectivity index (χ2n) is 8.86. The molecule has 0 saturated carbocycles. The van der Waals surface area contributed by atoms with E-state index in [1.165, 1.54) is 13.2 Å². The number of esters is 1. The highest BCUT2D eigenvalue weighted by molar-refractivity contribution is 7.98. The summed E-state index contributed by atoms with van der Waals surface area (Å²) in [6.07, 6.45) is 1.92. The van der Waals surface area contributed by atoms with Crippen molar-refractivity contribution < 1.29 is 23.8 Å². The first-order chi connectivity index (χ1) is 17.9. The molecule has 2 aromatic carbocycles. The lowest BCUT2D eigenvalue weighted by Gasteiger charge is -2.36. The molecule has 0 radical (unpaired) electrons. The number of carbonyl (C=O) groups excluding carboxylic acids is 1. The molecule has 4 rings (SSSR count). The van der Waals surface area contributed by atoms with Gasteiger partial charge in [0.1, 0.15) is 11.5 Å². The third-order valence-corrected chi connectivity index (χ3v) is 7.37. The molecule has 1 fully saturated rings. The first-order valence-corrected chi connectivity index (χ1v) is 13.3. The van der Waals surface area contributed by atoms with Crippen molar-refractivity contribution >= 4 is 23.4 Å². The number of rotatable bonds is 9. The van der Waals surface area contributed by atoms with Gasteiger partial charge in [0.25, 0.3) is 0 Å². The topological polar surface area (TPSA) is 92.5 Å². The molecule has 1 saturated heterocycles. The van der Waals surface area contributed by atoms with Crippen LogP contribution in [0.3, 0.4) is 0 Å². The highest BCUT2D eigenvalue weighted by Gasteiger charge is 2.27. The standard InChI is InChI=1S/C28H32N2O6S/c1-34-21-8-6-20(7-9-21)30-14-12-29(13-15-30)18-22-16-25(31)27(33)28(36-22)24(17-26(32)35-2)19-4-10-23(37-3)11-5-19/h4-11,16,24,33H,12-15,17-18H2,1-3H3. The van der Waals surface area contributed by atoms with E-state index in [2.05, 4.69) is 9.80 Å². The molecule has 0 spiro atoms. The minimum absolute atomic E-state index is 0.0599. The van der Waals surface area contributed by atoms with Crippen molar-refractivity contribution in [3.8, 4) is 11.5 Å². The second-order valence-corrected chi connectivity index (χ2v) is 9.74. The Morgan fingerprint density at radius 1 is 1.05 bits per heavy atom. The molecule has 2 heterocycles. The Morgan fingerprint density at radius 2 is 1.73 bits per heavy atom. The minimum Gasteiger partial charge on any atom is -0.502 e. The number of carbonyl (C=O) groups is 1. The van der Waals surface area contributed by atoms with Crippen LogP contribution in [-0.2, 0) is 16.1 Å². The minimum atomic E-state index is -0.650. The van der Waals surface area contributed by atoms with Crippen LogP contribution in [0, 0.1) is 0 Å². The number of hydrogen-bond acceptors (Lipinski definition) is 9. The molecule has 1 N–H and O–H groups in total. The zero-order valence-electron chi connectivity index (χ0n) is 21.3. The Morgan fingerprint density at radius 3 is 2.32 bits per heavy atom. The Hall–Kier alpha value is -3.43. The largest absolute Gasteiger partial charge is 0.502 e. The zero-order chi connectivity index (χ0) is 26.4. The van der Waals surface area contributed by atoms with Gasteiger partial charge >= 0.3 is 5.97 Å². The highest BCUT2D eigenvalue weighted by Crippen LogP contribution is 2.34. The summed E-state index contributed by atoms with van der Waals surface area (Å²) >= 11 is 1.60. The number of thioether (sulfide) groups is 1. The van der Waals surface area contributed by atoms with Crippen LogP contribution in [0.1, 0.15) is 29.4 Å². The van der Waals surface area contributed by atoms with Crippen molar-refractivity contribution in [3.05, 3.63) is 81.9 Å². The number of ether oxygens (including phenoxy) is 2. The Labute approximate surface area is 220 Å². The molecule has 37 heavy (non-hydrogen) atoms. The van der Waals surface area contributed by atoms with Crippen molar-refractivity contribution in [3.63, 3.8) is 0 Å². The normalized spacial score (nSPS) is 14.8. The van der Waals surface area contributed by atoms with Crippen LogP contribution in [0.4, 0.5) is 5.69 Å². The summed E-state index contributed by atoms with van der Waals surface area (Å²) in [4.78, 5) is 30.5. The molecule has 1 atom stereocenters. The molecule has 0 aliphatic carbocycles. The molecule has 1 aliphatic heterocycles. The van der Waals surface area contributed by atoms with E-state index < -0.39 is 23.1 Å². The highest BCUT2D eigenvalue weighted by atomic mass is 32.2. The third kappa shape index (κ3) is 6.47. The van der Waals surface area contributed by atoms with Gasteiger partial charge in [0.05, 0.1) is 33.1 Å². The SMILES string of the molecule is COC(=O)CC(c1ccc(SC)cc1)c1oc(CN2CCN(c3ccc(OC)cc3)CC2)cc(=O)c1O. The van der Waals surface area contributed by atoms with E-state index in [-0.39, 0.29) is 12.2 Å². The van der Waals surface area contributed by atoms with Crippen LogP contribution in [0.25, 0.3) is 0 Å². The predicted molar refractivity (Wildman–Crippen MR) is 144 cm³/mol. The Kier molecular flexibility index (Phi) is 8.78. The first-order valence-electron chi connectivity index (χ1n) is 12.1. The van der Waals surface area contributed by atoms with Crippen molar-refractivity contribution in [2.24, 2.45) is 0 Å². The van der Waals surface area contributed by atoms with Gasteiger partial charge in [0.2, 0.25) is 11.2 Å². The quantitative estimate of drug-likeness (QED) is 0.328. The number of benzene rings is 2. The molecular weight excluding hydrogens is 492 g/mol. The number of hydrogen-bond donors (Lipinski definition) is 1. The smallest absolute Gasteiger partial charge is 0.306 e. The maximum absolute atomic E-state index is 12.7. The van der Waals surface area contributed by atoms with Crippen LogP contribution in [0.5, 0.6) is 11.5 Å². The molecular formula is C28H32N2O6S. The lowest BCUT2D eigenvalue weighted by Crippen LogP contribution is -2.46. The summed E-state index contributed by atoms with van der Waals surface area (Å²) in [7, 11) is 2.97. The van der Waals surface area contributed by atoms with Crippen LogP contribution >= 0.6 is 11.8 Å². The van der Waals surface area contributed by atoms with E-state index in [0.717, 1.165) is 48.1 Å². The van der Waals surface area contributed by atoms with Gasteiger partial charge < -0.3 is 23.9 Å². The summed E-state index contributed by atoms with van der Waals surface area (Å²) in [5.41, 5.74) is 1.37. The summed E-state index contributed by atoms with van der Waals surface area (Å²) in [6, 6.07) is 17.0. The van der Waals surface area contributed by atoms with Crippen LogP contribution in [0.15, 0.2) is 68.7 Å². The number of methoxy groups -OCH3 is 2. The summed E-state index contributed by atoms with van der Waals surface area (Å²) < 4.78 is 16.2. The molecule has 196 valence electrons. The molecule has 1 aromatic heterocycles. The Balaban J connectivity index is 1.52. The molecule has 0 bridgehead atoms. The van der Waals surface area contributed by atoms with E-state index in [4.69, 9.17) is 13.9 Å². The maximum atomic E-state index is 12.7. The molecule has 1 unspecified atom stereocenters. The average Bonchev–Trinajstić information content (AvgIpc) is 2.94. The van der Waals surface area contributed by atoms with E-state index in [1.54, 1.807) is 18.9 Å². The lowest BCUT2D eigenvalue weighted by molar-refractivity contribution is -0.140. The monoisotopic (exact) mass is 524 g/mol. The van der Waals surface area contributed by atoms with Crippen LogP contribution in [-0.4, -0.2) is 62.6 Å². The van der Waals surface area contributed by atoms with E-state index >= 15 is 0 Å². The number of piperazine rings is 1. The average molecular weight is 525 g/mol. The van der Waals surface area contributed by atoms with Gasteiger partial charge in [-0.3, -0.25) is 14.5 Å². The molecule has 1 aliphatic rings. The van der Waals surface area contributed by atoms with Crippen molar-refractivity contribution in [2.75, 3.05) is 51.6 Å². The zero-order valence-corrected chi connectivity index (χ0v) is 22.1. The van der Waals surface area contributed by atoms with Gasteiger partial charge in [0, 0.05) is 42.8 Å². The molecule has 3 aromatic rings. The predicted octanol–water partition coefficient (Wildman–Crippen LogP) is 4.09. The Bertz CT molecular complexity index is 1250. The van der Waals surface area contributed by atoms with Gasteiger partial charge in [0.15, 0.2) is 5.76 Å². The van der Waals surface area contributed by atoms with E-state index in [9.17, 15) is 14.7 Å².